The molecule has 0 aromatic carbocycles. The number of aromatic nitrogens is 2. The van der Waals surface area contributed by atoms with Gasteiger partial charge in [-0.3, -0.25) is 14.3 Å². The number of anilines is 1. The van der Waals surface area contributed by atoms with Crippen molar-refractivity contribution >= 4 is 17.6 Å². The Labute approximate surface area is 99.6 Å². The molecular formula is C11H17N3O3. The van der Waals surface area contributed by atoms with Gasteiger partial charge >= 0.3 is 5.97 Å². The molecule has 0 radical (unpaired) electrons. The lowest BCUT2D eigenvalue weighted by molar-refractivity contribution is -0.137. The number of rotatable bonds is 6. The molecule has 17 heavy (non-hydrogen) atoms. The van der Waals surface area contributed by atoms with Gasteiger partial charge in [0.15, 0.2) is 0 Å². The second-order valence-electron chi connectivity index (χ2n) is 4.30. The number of carboxylic acids is 1. The first-order chi connectivity index (χ1) is 7.97. The van der Waals surface area contributed by atoms with Crippen molar-refractivity contribution in [1.82, 2.24) is 9.78 Å². The van der Waals surface area contributed by atoms with Crippen molar-refractivity contribution in [2.75, 3.05) is 5.32 Å². The first kappa shape index (κ1) is 13.2. The molecule has 0 bridgehead atoms. The molecule has 94 valence electrons. The molecule has 1 amide bonds. The summed E-state index contributed by atoms with van der Waals surface area (Å²) in [5, 5.41) is 15.1. The van der Waals surface area contributed by atoms with E-state index in [1.807, 2.05) is 0 Å². The van der Waals surface area contributed by atoms with E-state index in [9.17, 15) is 9.59 Å². The van der Waals surface area contributed by atoms with Crippen molar-refractivity contribution in [1.29, 1.82) is 0 Å². The van der Waals surface area contributed by atoms with E-state index < -0.39 is 5.97 Å². The number of aliphatic carboxylic acids is 1. The highest BCUT2D eigenvalue weighted by molar-refractivity contribution is 5.90. The van der Waals surface area contributed by atoms with E-state index in [1.54, 1.807) is 0 Å². The minimum absolute atomic E-state index is 0.0754. The van der Waals surface area contributed by atoms with Gasteiger partial charge in [0.2, 0.25) is 5.91 Å². The van der Waals surface area contributed by atoms with Gasteiger partial charge in [0.05, 0.1) is 11.9 Å². The Bertz CT molecular complexity index is 398. The Morgan fingerprint density at radius 1 is 1.53 bits per heavy atom. The maximum Gasteiger partial charge on any atom is 0.325 e. The molecule has 0 saturated carbocycles. The molecule has 1 aromatic rings. The molecule has 1 aromatic heterocycles. The third-order valence-electron chi connectivity index (χ3n) is 2.16. The van der Waals surface area contributed by atoms with Gasteiger partial charge in [-0.1, -0.05) is 13.8 Å². The highest BCUT2D eigenvalue weighted by Gasteiger charge is 2.07. The molecule has 0 fully saturated rings. The van der Waals surface area contributed by atoms with Crippen molar-refractivity contribution in [3.63, 3.8) is 0 Å². The number of hydrogen-bond donors (Lipinski definition) is 2. The molecule has 1 rings (SSSR count). The first-order valence-electron chi connectivity index (χ1n) is 5.51. The monoisotopic (exact) mass is 239 g/mol. The molecule has 0 spiro atoms. The van der Waals surface area contributed by atoms with Crippen LogP contribution in [0.1, 0.15) is 26.7 Å². The molecule has 0 aliphatic rings. The van der Waals surface area contributed by atoms with E-state index >= 15 is 0 Å². The molecule has 6 nitrogen and oxygen atoms in total. The Hall–Kier alpha value is -1.85. The van der Waals surface area contributed by atoms with E-state index in [4.69, 9.17) is 5.11 Å². The van der Waals surface area contributed by atoms with Gasteiger partial charge in [-0.15, -0.1) is 0 Å². The van der Waals surface area contributed by atoms with E-state index in [2.05, 4.69) is 24.3 Å². The third-order valence-corrected chi connectivity index (χ3v) is 2.16. The molecule has 0 aliphatic heterocycles. The summed E-state index contributed by atoms with van der Waals surface area (Å²) in [5.41, 5.74) is 0.528. The Kier molecular flexibility index (Phi) is 4.68. The van der Waals surface area contributed by atoms with Gasteiger partial charge in [-0.25, -0.2) is 0 Å². The van der Waals surface area contributed by atoms with E-state index in [0.717, 1.165) is 6.42 Å². The largest absolute Gasteiger partial charge is 0.480 e. The zero-order chi connectivity index (χ0) is 12.8. The summed E-state index contributed by atoms with van der Waals surface area (Å²) in [6, 6.07) is 0. The highest BCUT2D eigenvalue weighted by atomic mass is 16.4. The van der Waals surface area contributed by atoms with Gasteiger partial charge in [-0.05, 0) is 12.3 Å². The number of hydrogen-bond acceptors (Lipinski definition) is 3. The summed E-state index contributed by atoms with van der Waals surface area (Å²) >= 11 is 0. The van der Waals surface area contributed by atoms with Crippen molar-refractivity contribution in [2.24, 2.45) is 5.92 Å². The van der Waals surface area contributed by atoms with Crippen molar-refractivity contribution in [2.45, 2.75) is 33.2 Å². The fraction of sp³-hybridized carbons (Fsp3) is 0.545. The molecule has 0 atom stereocenters. The van der Waals surface area contributed by atoms with Crippen molar-refractivity contribution < 1.29 is 14.7 Å². The van der Waals surface area contributed by atoms with Crippen LogP contribution in [0.2, 0.25) is 0 Å². The smallest absolute Gasteiger partial charge is 0.325 e. The van der Waals surface area contributed by atoms with E-state index in [1.165, 1.54) is 17.1 Å². The Morgan fingerprint density at radius 3 is 2.82 bits per heavy atom. The van der Waals surface area contributed by atoms with Crippen LogP contribution in [0.5, 0.6) is 0 Å². The van der Waals surface area contributed by atoms with Crippen LogP contribution in [0.15, 0.2) is 12.4 Å². The van der Waals surface area contributed by atoms with Crippen LogP contribution in [0, 0.1) is 5.92 Å². The number of nitrogens with zero attached hydrogens (tertiary/aromatic N) is 2. The van der Waals surface area contributed by atoms with E-state index in [-0.39, 0.29) is 12.5 Å². The molecule has 1 heterocycles. The minimum Gasteiger partial charge on any atom is -0.480 e. The SMILES string of the molecule is CC(C)CCC(=O)Nc1cnn(CC(=O)O)c1. The molecular weight excluding hydrogens is 222 g/mol. The van der Waals surface area contributed by atoms with Gasteiger partial charge < -0.3 is 10.4 Å². The Balaban J connectivity index is 2.43. The Morgan fingerprint density at radius 2 is 2.24 bits per heavy atom. The molecule has 2 N–H and O–H groups in total. The summed E-state index contributed by atoms with van der Waals surface area (Å²) in [6.07, 6.45) is 4.23. The minimum atomic E-state index is -0.967. The summed E-state index contributed by atoms with van der Waals surface area (Å²) in [4.78, 5) is 21.9. The highest BCUT2D eigenvalue weighted by Crippen LogP contribution is 2.08. The predicted octanol–water partition coefficient (Wildman–Crippen LogP) is 1.34. The van der Waals surface area contributed by atoms with Crippen molar-refractivity contribution in [3.05, 3.63) is 12.4 Å². The summed E-state index contributed by atoms with van der Waals surface area (Å²) in [7, 11) is 0. The third kappa shape index (κ3) is 5.14. The zero-order valence-electron chi connectivity index (χ0n) is 10.0. The molecule has 6 heteroatoms. The van der Waals surface area contributed by atoms with Crippen LogP contribution < -0.4 is 5.32 Å². The lowest BCUT2D eigenvalue weighted by atomic mass is 10.1. The topological polar surface area (TPSA) is 84.2 Å². The normalized spacial score (nSPS) is 10.5. The maximum absolute atomic E-state index is 11.5. The van der Waals surface area contributed by atoms with Crippen LogP contribution >= 0.6 is 0 Å². The molecule has 0 aliphatic carbocycles. The van der Waals surface area contributed by atoms with Crippen LogP contribution in [-0.2, 0) is 16.1 Å². The summed E-state index contributed by atoms with van der Waals surface area (Å²) < 4.78 is 1.26. The van der Waals surface area contributed by atoms with Gasteiger partial charge in [-0.2, -0.15) is 5.10 Å². The number of nitrogens with one attached hydrogen (secondary N) is 1. The summed E-state index contributed by atoms with van der Waals surface area (Å²) in [6.45, 7) is 3.90. The fourth-order valence-corrected chi connectivity index (χ4v) is 1.30. The lowest BCUT2D eigenvalue weighted by Crippen LogP contribution is -2.12. The average Bonchev–Trinajstić information content (AvgIpc) is 2.61. The van der Waals surface area contributed by atoms with Crippen LogP contribution in [0.3, 0.4) is 0 Å². The van der Waals surface area contributed by atoms with Crippen molar-refractivity contribution in [3.8, 4) is 0 Å². The van der Waals surface area contributed by atoms with E-state index in [0.29, 0.717) is 18.0 Å². The number of amides is 1. The molecule has 0 saturated heterocycles. The number of carbonyl (C=O) groups is 2. The second-order valence-corrected chi connectivity index (χ2v) is 4.30. The van der Waals surface area contributed by atoms with Gasteiger partial charge in [0.25, 0.3) is 0 Å². The van der Waals surface area contributed by atoms with Gasteiger partial charge in [0, 0.05) is 12.6 Å². The van der Waals surface area contributed by atoms with Crippen LogP contribution in [-0.4, -0.2) is 26.8 Å². The standard InChI is InChI=1S/C11H17N3O3/c1-8(2)3-4-10(15)13-9-5-12-14(6-9)7-11(16)17/h5-6,8H,3-4,7H2,1-2H3,(H,13,15)(H,16,17). The zero-order valence-corrected chi connectivity index (χ0v) is 10.0. The van der Waals surface area contributed by atoms with Crippen LogP contribution in [0.4, 0.5) is 5.69 Å². The number of carbonyl (C=O) groups excluding carboxylic acids is 1. The second kappa shape index (κ2) is 6.03. The molecule has 0 unspecified atom stereocenters. The maximum atomic E-state index is 11.5. The predicted molar refractivity (Wildman–Crippen MR) is 62.6 cm³/mol. The van der Waals surface area contributed by atoms with Gasteiger partial charge in [0.1, 0.15) is 6.54 Å². The quantitative estimate of drug-likeness (QED) is 0.784. The first-order valence-corrected chi connectivity index (χ1v) is 5.51. The number of carboxylic acid groups (broad SMARTS) is 1. The fourth-order valence-electron chi connectivity index (χ4n) is 1.30. The average molecular weight is 239 g/mol. The lowest BCUT2D eigenvalue weighted by Gasteiger charge is -2.04. The summed E-state index contributed by atoms with van der Waals surface area (Å²) in [5.74, 6) is -0.560. The van der Waals surface area contributed by atoms with Crippen LogP contribution in [0.25, 0.3) is 0 Å².